The maximum Gasteiger partial charge on any atom is 0.264 e. The van der Waals surface area contributed by atoms with Crippen molar-refractivity contribution in [3.63, 3.8) is 0 Å². The molecule has 138 valence electrons. The quantitative estimate of drug-likeness (QED) is 0.755. The fourth-order valence-electron chi connectivity index (χ4n) is 2.22. The van der Waals surface area contributed by atoms with Crippen molar-refractivity contribution in [3.8, 4) is 5.75 Å². The van der Waals surface area contributed by atoms with Gasteiger partial charge in [0.15, 0.2) is 0 Å². The van der Waals surface area contributed by atoms with Gasteiger partial charge in [-0.05, 0) is 48.5 Å². The molecular weight excluding hydrogens is 360 g/mol. The Hall–Kier alpha value is -3.07. The number of rotatable bonds is 7. The zero-order valence-corrected chi connectivity index (χ0v) is 14.9. The fourth-order valence-corrected chi connectivity index (χ4v) is 3.63. The van der Waals surface area contributed by atoms with Crippen LogP contribution in [-0.2, 0) is 19.6 Å². The summed E-state index contributed by atoms with van der Waals surface area (Å²) in [6.45, 7) is 0.484. The van der Waals surface area contributed by atoms with Gasteiger partial charge in [-0.2, -0.15) is 0 Å². The first-order chi connectivity index (χ1) is 12.2. The molecule has 0 aliphatic carbocycles. The van der Waals surface area contributed by atoms with Gasteiger partial charge in [0.1, 0.15) is 5.75 Å². The topological polar surface area (TPSA) is 116 Å². The number of aliphatic carboxylic acids is 1. The van der Waals surface area contributed by atoms with Crippen LogP contribution in [0.2, 0.25) is 0 Å². The molecule has 2 aromatic rings. The second-order valence-corrected chi connectivity index (χ2v) is 7.15. The number of carbonyl (C=O) groups excluding carboxylic acids is 2. The Labute approximate surface area is 151 Å². The van der Waals surface area contributed by atoms with Crippen molar-refractivity contribution < 1.29 is 27.9 Å². The highest BCUT2D eigenvalue weighted by atomic mass is 32.2. The summed E-state index contributed by atoms with van der Waals surface area (Å²) in [7, 11) is -2.70. The van der Waals surface area contributed by atoms with Crippen molar-refractivity contribution >= 4 is 33.3 Å². The molecule has 9 heteroatoms. The van der Waals surface area contributed by atoms with Crippen molar-refractivity contribution in [2.75, 3.05) is 23.3 Å². The first-order valence-corrected chi connectivity index (χ1v) is 8.92. The van der Waals surface area contributed by atoms with Gasteiger partial charge in [0.05, 0.1) is 30.2 Å². The lowest BCUT2D eigenvalue weighted by Gasteiger charge is -2.25. The Morgan fingerprint density at radius 2 is 1.65 bits per heavy atom. The third kappa shape index (κ3) is 4.51. The lowest BCUT2D eigenvalue weighted by molar-refractivity contribution is -0.303. The van der Waals surface area contributed by atoms with Crippen LogP contribution in [0.15, 0.2) is 53.4 Å². The van der Waals surface area contributed by atoms with Gasteiger partial charge in [-0.15, -0.1) is 0 Å². The van der Waals surface area contributed by atoms with Crippen LogP contribution in [0.25, 0.3) is 0 Å². The Balaban J connectivity index is 2.41. The molecule has 0 saturated carbocycles. The summed E-state index contributed by atoms with van der Waals surface area (Å²) in [5.74, 6) is -1.34. The van der Waals surface area contributed by atoms with E-state index in [1.807, 2.05) is 0 Å². The van der Waals surface area contributed by atoms with Crippen LogP contribution in [-0.4, -0.2) is 33.9 Å². The summed E-state index contributed by atoms with van der Waals surface area (Å²) in [5.41, 5.74) is 0.577. The summed E-state index contributed by atoms with van der Waals surface area (Å²) < 4.78 is 31.5. The molecule has 0 atom stereocenters. The summed E-state index contributed by atoms with van der Waals surface area (Å²) >= 11 is 0. The molecule has 26 heavy (non-hydrogen) atoms. The predicted molar refractivity (Wildman–Crippen MR) is 93.3 cm³/mol. The zero-order valence-electron chi connectivity index (χ0n) is 14.1. The fraction of sp³-hybridized carbons (Fsp3) is 0.176. The molecule has 1 amide bonds. The molecule has 0 aliphatic rings. The van der Waals surface area contributed by atoms with Crippen LogP contribution in [0.5, 0.6) is 5.75 Å². The smallest absolute Gasteiger partial charge is 0.264 e. The van der Waals surface area contributed by atoms with E-state index in [1.54, 1.807) is 0 Å². The normalized spacial score (nSPS) is 10.8. The van der Waals surface area contributed by atoms with Crippen LogP contribution in [0.4, 0.5) is 11.4 Å². The Kier molecular flexibility index (Phi) is 5.83. The highest BCUT2D eigenvalue weighted by Gasteiger charge is 2.25. The molecule has 1 N–H and O–H groups in total. The minimum atomic E-state index is -4.16. The molecule has 0 saturated heterocycles. The molecule has 0 radical (unpaired) electrons. The molecule has 0 spiro atoms. The van der Waals surface area contributed by atoms with E-state index in [9.17, 15) is 23.1 Å². The van der Waals surface area contributed by atoms with Crippen LogP contribution in [0.1, 0.15) is 6.92 Å². The number of nitrogens with zero attached hydrogens (tertiary/aromatic N) is 1. The van der Waals surface area contributed by atoms with Gasteiger partial charge in [-0.3, -0.25) is 9.10 Å². The van der Waals surface area contributed by atoms with E-state index in [0.717, 1.165) is 4.31 Å². The number of nitrogens with one attached hydrogen (secondary N) is 1. The maximum absolute atomic E-state index is 12.9. The van der Waals surface area contributed by atoms with Gasteiger partial charge in [-0.25, -0.2) is 8.42 Å². The van der Waals surface area contributed by atoms with E-state index >= 15 is 0 Å². The molecule has 0 fully saturated rings. The van der Waals surface area contributed by atoms with Gasteiger partial charge < -0.3 is 20.0 Å². The van der Waals surface area contributed by atoms with Crippen molar-refractivity contribution in [3.05, 3.63) is 48.5 Å². The van der Waals surface area contributed by atoms with Gasteiger partial charge in [0.25, 0.3) is 10.0 Å². The number of methoxy groups -OCH3 is 1. The lowest BCUT2D eigenvalue weighted by atomic mass is 10.3. The Morgan fingerprint density at radius 3 is 2.12 bits per heavy atom. The van der Waals surface area contributed by atoms with E-state index in [2.05, 4.69) is 5.32 Å². The van der Waals surface area contributed by atoms with Crippen molar-refractivity contribution in [2.45, 2.75) is 11.8 Å². The minimum absolute atomic E-state index is 0.122. The second kappa shape index (κ2) is 7.87. The predicted octanol–water partition coefficient (Wildman–Crippen LogP) is 0.599. The molecule has 2 rings (SSSR count). The number of amides is 1. The first kappa shape index (κ1) is 19.3. The van der Waals surface area contributed by atoms with E-state index in [1.165, 1.54) is 62.6 Å². The number of benzene rings is 2. The number of carboxylic acids is 1. The number of sulfonamides is 1. The van der Waals surface area contributed by atoms with Crippen LogP contribution < -0.4 is 19.5 Å². The average molecular weight is 377 g/mol. The summed E-state index contributed by atoms with van der Waals surface area (Å²) in [4.78, 5) is 22.0. The Morgan fingerprint density at radius 1 is 1.08 bits per heavy atom. The van der Waals surface area contributed by atoms with Gasteiger partial charge >= 0.3 is 0 Å². The largest absolute Gasteiger partial charge is 0.548 e. The van der Waals surface area contributed by atoms with Crippen molar-refractivity contribution in [2.24, 2.45) is 0 Å². The van der Waals surface area contributed by atoms with Gasteiger partial charge in [-0.1, -0.05) is 0 Å². The molecule has 8 nitrogen and oxygen atoms in total. The zero-order chi connectivity index (χ0) is 19.3. The number of anilines is 2. The maximum atomic E-state index is 12.9. The van der Waals surface area contributed by atoms with E-state index in [-0.39, 0.29) is 16.5 Å². The van der Waals surface area contributed by atoms with Crippen LogP contribution >= 0.6 is 0 Å². The van der Waals surface area contributed by atoms with Crippen molar-refractivity contribution in [1.82, 2.24) is 0 Å². The molecule has 0 unspecified atom stereocenters. The van der Waals surface area contributed by atoms with E-state index in [0.29, 0.717) is 11.4 Å². The molecule has 2 aromatic carbocycles. The third-order valence-corrected chi connectivity index (χ3v) is 5.18. The average Bonchev–Trinajstić information content (AvgIpc) is 2.59. The van der Waals surface area contributed by atoms with Crippen molar-refractivity contribution in [1.29, 1.82) is 0 Å². The molecule has 0 aliphatic heterocycles. The molecule has 0 heterocycles. The van der Waals surface area contributed by atoms with Gasteiger partial charge in [0.2, 0.25) is 5.91 Å². The molecule has 0 bridgehead atoms. The highest BCUT2D eigenvalue weighted by Crippen LogP contribution is 2.26. The number of carboxylic acid groups (broad SMARTS) is 1. The first-order valence-electron chi connectivity index (χ1n) is 7.48. The van der Waals surface area contributed by atoms with Gasteiger partial charge in [0, 0.05) is 12.6 Å². The third-order valence-electron chi connectivity index (χ3n) is 3.40. The second-order valence-electron chi connectivity index (χ2n) is 5.29. The number of hydrogen-bond acceptors (Lipinski definition) is 6. The SMILES string of the molecule is COc1ccc(N(CC(=O)[O-])S(=O)(=O)c2ccc(NC(C)=O)cc2)cc1. The number of carbonyl (C=O) groups is 2. The highest BCUT2D eigenvalue weighted by molar-refractivity contribution is 7.92. The van der Waals surface area contributed by atoms with Crippen LogP contribution in [0.3, 0.4) is 0 Å². The molecular formula is C17H17N2O6S-. The lowest BCUT2D eigenvalue weighted by Crippen LogP contribution is -2.41. The monoisotopic (exact) mass is 377 g/mol. The minimum Gasteiger partial charge on any atom is -0.548 e. The Bertz CT molecular complexity index is 892. The van der Waals surface area contributed by atoms with Crippen LogP contribution in [0, 0.1) is 0 Å². The number of hydrogen-bond donors (Lipinski definition) is 1. The number of ether oxygens (including phenoxy) is 1. The summed E-state index contributed by atoms with van der Waals surface area (Å²) in [5, 5.41) is 13.6. The van der Waals surface area contributed by atoms with E-state index in [4.69, 9.17) is 4.74 Å². The standard InChI is InChI=1S/C17H18N2O6S/c1-12(20)18-13-3-9-16(10-4-13)26(23,24)19(11-17(21)22)14-5-7-15(25-2)8-6-14/h3-10H,11H2,1-2H3,(H,18,20)(H,21,22)/p-1. The summed E-state index contributed by atoms with van der Waals surface area (Å²) in [6.07, 6.45) is 0. The summed E-state index contributed by atoms with van der Waals surface area (Å²) in [6, 6.07) is 11.3. The molecule has 0 aromatic heterocycles. The van der Waals surface area contributed by atoms with E-state index < -0.39 is 22.5 Å².